The zero-order chi connectivity index (χ0) is 19.3. The Hall–Kier alpha value is -1.39. The van der Waals surface area contributed by atoms with Gasteiger partial charge in [0.2, 0.25) is 17.7 Å². The van der Waals surface area contributed by atoms with Crippen molar-refractivity contribution in [2.24, 2.45) is 23.7 Å². The van der Waals surface area contributed by atoms with E-state index >= 15 is 0 Å². The highest BCUT2D eigenvalue weighted by Gasteiger charge is 2.40. The van der Waals surface area contributed by atoms with Crippen molar-refractivity contribution in [2.75, 3.05) is 19.6 Å². The van der Waals surface area contributed by atoms with E-state index in [2.05, 4.69) is 13.8 Å². The zero-order valence-electron chi connectivity index (χ0n) is 17.0. The summed E-state index contributed by atoms with van der Waals surface area (Å²) in [5.74, 6) is 0.984. The standard InChI is InChI=1S/C21H36N2O3/c1-5-11-22-12-10-17(20(22)25)9-7-6-8-16(4)14-23-19(24)13-18(15(2)3)21(23)26/h15-18H,5-14H2,1-4H3. The predicted molar refractivity (Wildman–Crippen MR) is 102 cm³/mol. The Kier molecular flexibility index (Phi) is 7.66. The molecular weight excluding hydrogens is 328 g/mol. The van der Waals surface area contributed by atoms with Gasteiger partial charge in [-0.05, 0) is 37.5 Å². The molecule has 2 fully saturated rings. The Labute approximate surface area is 158 Å². The minimum atomic E-state index is -0.130. The van der Waals surface area contributed by atoms with Crippen LogP contribution in [0.25, 0.3) is 0 Å². The van der Waals surface area contributed by atoms with Crippen LogP contribution in [0.2, 0.25) is 0 Å². The minimum absolute atomic E-state index is 0.00637. The van der Waals surface area contributed by atoms with Gasteiger partial charge in [-0.3, -0.25) is 19.3 Å². The van der Waals surface area contributed by atoms with Crippen LogP contribution in [0.4, 0.5) is 0 Å². The maximum atomic E-state index is 12.4. The van der Waals surface area contributed by atoms with Crippen molar-refractivity contribution in [3.8, 4) is 0 Å². The quantitative estimate of drug-likeness (QED) is 0.440. The molecule has 5 heteroatoms. The fourth-order valence-corrected chi connectivity index (χ4v) is 4.27. The number of likely N-dealkylation sites (tertiary alicyclic amines) is 2. The van der Waals surface area contributed by atoms with E-state index in [-0.39, 0.29) is 29.6 Å². The van der Waals surface area contributed by atoms with E-state index in [1.807, 2.05) is 18.7 Å². The molecule has 0 aromatic heterocycles. The van der Waals surface area contributed by atoms with Gasteiger partial charge in [-0.2, -0.15) is 0 Å². The van der Waals surface area contributed by atoms with Gasteiger partial charge < -0.3 is 4.90 Å². The summed E-state index contributed by atoms with van der Waals surface area (Å²) in [4.78, 5) is 40.2. The molecule has 2 rings (SSSR count). The third-order valence-electron chi connectivity index (χ3n) is 5.98. The van der Waals surface area contributed by atoms with Crippen molar-refractivity contribution in [3.05, 3.63) is 0 Å². The molecule has 0 saturated carbocycles. The maximum Gasteiger partial charge on any atom is 0.233 e. The summed E-state index contributed by atoms with van der Waals surface area (Å²) < 4.78 is 0. The fraction of sp³-hybridized carbons (Fsp3) is 0.857. The number of rotatable bonds is 10. The number of unbranched alkanes of at least 4 members (excludes halogenated alkanes) is 1. The predicted octanol–water partition coefficient (Wildman–Crippen LogP) is 3.47. The van der Waals surface area contributed by atoms with Crippen LogP contribution in [0, 0.1) is 23.7 Å². The lowest BCUT2D eigenvalue weighted by molar-refractivity contribution is -0.140. The third-order valence-corrected chi connectivity index (χ3v) is 5.98. The summed E-state index contributed by atoms with van der Waals surface area (Å²) in [5.41, 5.74) is 0. The molecule has 2 aliphatic rings. The number of hydrogen-bond donors (Lipinski definition) is 0. The van der Waals surface area contributed by atoms with Crippen LogP contribution in [-0.4, -0.2) is 47.2 Å². The zero-order valence-corrected chi connectivity index (χ0v) is 17.0. The third kappa shape index (κ3) is 5.08. The monoisotopic (exact) mass is 364 g/mol. The molecule has 0 aromatic carbocycles. The van der Waals surface area contributed by atoms with Crippen LogP contribution in [0.5, 0.6) is 0 Å². The van der Waals surface area contributed by atoms with E-state index in [0.717, 1.165) is 51.6 Å². The van der Waals surface area contributed by atoms with Gasteiger partial charge in [0.25, 0.3) is 0 Å². The summed E-state index contributed by atoms with van der Waals surface area (Å²) in [5, 5.41) is 0. The first-order chi connectivity index (χ1) is 12.3. The molecule has 2 saturated heterocycles. The van der Waals surface area contributed by atoms with Gasteiger partial charge in [0, 0.05) is 37.9 Å². The van der Waals surface area contributed by atoms with Gasteiger partial charge in [-0.1, -0.05) is 40.5 Å². The molecule has 0 spiro atoms. The minimum Gasteiger partial charge on any atom is -0.342 e. The molecule has 3 unspecified atom stereocenters. The van der Waals surface area contributed by atoms with E-state index in [1.54, 1.807) is 0 Å². The van der Waals surface area contributed by atoms with Crippen LogP contribution in [0.1, 0.15) is 72.6 Å². The maximum absolute atomic E-state index is 12.4. The lowest BCUT2D eigenvalue weighted by Crippen LogP contribution is -2.35. The van der Waals surface area contributed by atoms with Gasteiger partial charge >= 0.3 is 0 Å². The van der Waals surface area contributed by atoms with Crippen molar-refractivity contribution in [3.63, 3.8) is 0 Å². The lowest BCUT2D eigenvalue weighted by atomic mass is 9.94. The Bertz CT molecular complexity index is 517. The van der Waals surface area contributed by atoms with Crippen LogP contribution in [0.15, 0.2) is 0 Å². The summed E-state index contributed by atoms with van der Waals surface area (Å²) in [7, 11) is 0. The van der Waals surface area contributed by atoms with Crippen LogP contribution in [-0.2, 0) is 14.4 Å². The molecule has 0 radical (unpaired) electrons. The van der Waals surface area contributed by atoms with Crippen LogP contribution < -0.4 is 0 Å². The van der Waals surface area contributed by atoms with Gasteiger partial charge in [0.05, 0.1) is 0 Å². The molecule has 0 aliphatic carbocycles. The van der Waals surface area contributed by atoms with Crippen molar-refractivity contribution in [1.29, 1.82) is 0 Å². The lowest BCUT2D eigenvalue weighted by Gasteiger charge is -2.21. The molecule has 2 aliphatic heterocycles. The molecule has 148 valence electrons. The van der Waals surface area contributed by atoms with E-state index in [4.69, 9.17) is 0 Å². The van der Waals surface area contributed by atoms with Gasteiger partial charge in [-0.15, -0.1) is 0 Å². The topological polar surface area (TPSA) is 57.7 Å². The summed E-state index contributed by atoms with van der Waals surface area (Å²) in [6, 6.07) is 0. The van der Waals surface area contributed by atoms with Gasteiger partial charge in [0.1, 0.15) is 0 Å². The first-order valence-electron chi connectivity index (χ1n) is 10.5. The highest BCUT2D eigenvalue weighted by Crippen LogP contribution is 2.28. The van der Waals surface area contributed by atoms with Gasteiger partial charge in [0.15, 0.2) is 0 Å². The van der Waals surface area contributed by atoms with E-state index in [1.165, 1.54) is 4.90 Å². The number of carbonyl (C=O) groups is 3. The largest absolute Gasteiger partial charge is 0.342 e. The Balaban J connectivity index is 1.67. The smallest absolute Gasteiger partial charge is 0.233 e. The first-order valence-corrected chi connectivity index (χ1v) is 10.5. The molecule has 26 heavy (non-hydrogen) atoms. The summed E-state index contributed by atoms with van der Waals surface area (Å²) >= 11 is 0. The highest BCUT2D eigenvalue weighted by molar-refractivity contribution is 6.03. The molecule has 5 nitrogen and oxygen atoms in total. The Morgan fingerprint density at radius 2 is 1.81 bits per heavy atom. The van der Waals surface area contributed by atoms with Crippen molar-refractivity contribution >= 4 is 17.7 Å². The van der Waals surface area contributed by atoms with Crippen LogP contribution >= 0.6 is 0 Å². The Morgan fingerprint density at radius 3 is 2.42 bits per heavy atom. The van der Waals surface area contributed by atoms with E-state index in [9.17, 15) is 14.4 Å². The number of hydrogen-bond acceptors (Lipinski definition) is 3. The molecule has 0 N–H and O–H groups in total. The van der Waals surface area contributed by atoms with E-state index < -0.39 is 0 Å². The molecule has 0 bridgehead atoms. The molecule has 3 amide bonds. The average Bonchev–Trinajstić information content (AvgIpc) is 3.07. The second kappa shape index (κ2) is 9.52. The second-order valence-electron chi connectivity index (χ2n) is 8.60. The summed E-state index contributed by atoms with van der Waals surface area (Å²) in [6.07, 6.45) is 6.50. The number of carbonyl (C=O) groups excluding carboxylic acids is 3. The normalized spacial score (nSPS) is 25.0. The average molecular weight is 365 g/mol. The Morgan fingerprint density at radius 1 is 1.08 bits per heavy atom. The molecule has 2 heterocycles. The molecule has 3 atom stereocenters. The van der Waals surface area contributed by atoms with Crippen molar-refractivity contribution in [2.45, 2.75) is 72.6 Å². The number of amides is 3. The highest BCUT2D eigenvalue weighted by atomic mass is 16.2. The number of imide groups is 1. The number of nitrogens with zero attached hydrogens (tertiary/aromatic N) is 2. The SMILES string of the molecule is CCCN1CCC(CCCCC(C)CN2C(=O)CC(C(C)C)C2=O)C1=O. The van der Waals surface area contributed by atoms with Crippen LogP contribution in [0.3, 0.4) is 0 Å². The fourth-order valence-electron chi connectivity index (χ4n) is 4.27. The van der Waals surface area contributed by atoms with Gasteiger partial charge in [-0.25, -0.2) is 0 Å². The summed E-state index contributed by atoms with van der Waals surface area (Å²) in [6.45, 7) is 10.6. The van der Waals surface area contributed by atoms with E-state index in [0.29, 0.717) is 24.8 Å². The van der Waals surface area contributed by atoms with Crippen molar-refractivity contribution in [1.82, 2.24) is 9.80 Å². The molecular formula is C21H36N2O3. The van der Waals surface area contributed by atoms with Crippen molar-refractivity contribution < 1.29 is 14.4 Å². The second-order valence-corrected chi connectivity index (χ2v) is 8.60. The molecule has 0 aromatic rings. The first kappa shape index (κ1) is 20.9.